The van der Waals surface area contributed by atoms with Gasteiger partial charge in [-0.05, 0) is 37.3 Å². The van der Waals surface area contributed by atoms with Crippen LogP contribution in [0.4, 0.5) is 5.69 Å². The Balaban J connectivity index is 2.24. The van der Waals surface area contributed by atoms with E-state index in [0.29, 0.717) is 0 Å². The van der Waals surface area contributed by atoms with E-state index in [-0.39, 0.29) is 29.0 Å². The Morgan fingerprint density at radius 1 is 0.926 bits per heavy atom. The number of nitrogens with zero attached hydrogens (tertiary/aromatic N) is 1. The van der Waals surface area contributed by atoms with Gasteiger partial charge in [0.05, 0.1) is 35.3 Å². The summed E-state index contributed by atoms with van der Waals surface area (Å²) in [5.41, 5.74) is -0.530. The molecule has 9 heteroatoms. The maximum atomic E-state index is 12.3. The molecule has 0 saturated carbocycles. The lowest BCUT2D eigenvalue weighted by Gasteiger charge is -2.07. The molecular formula is C18H15NO8. The van der Waals surface area contributed by atoms with Crippen LogP contribution in [-0.2, 0) is 9.47 Å². The van der Waals surface area contributed by atoms with Gasteiger partial charge in [0.2, 0.25) is 0 Å². The number of hydrogen-bond acceptors (Lipinski definition) is 8. The van der Waals surface area contributed by atoms with Gasteiger partial charge in [0.15, 0.2) is 0 Å². The second-order valence-electron chi connectivity index (χ2n) is 5.15. The predicted octanol–water partition coefficient (Wildman–Crippen LogP) is 2.78. The first-order valence-corrected chi connectivity index (χ1v) is 7.73. The van der Waals surface area contributed by atoms with E-state index in [1.807, 2.05) is 0 Å². The number of rotatable bonds is 6. The highest BCUT2D eigenvalue weighted by Crippen LogP contribution is 2.20. The number of esters is 3. The first-order chi connectivity index (χ1) is 12.8. The number of nitro groups is 1. The number of nitro benzene ring substituents is 1. The minimum absolute atomic E-state index is 0.110. The zero-order valence-corrected chi connectivity index (χ0v) is 14.5. The first-order valence-electron chi connectivity index (χ1n) is 7.73. The average molecular weight is 373 g/mol. The van der Waals surface area contributed by atoms with Crippen molar-refractivity contribution in [1.29, 1.82) is 0 Å². The standard InChI is InChI=1S/C18H15NO8/c1-3-26-17(21)11-4-6-15(7-5-11)27-18(22)13-8-12(16(20)25-2)9-14(10-13)19(23)24/h4-10H,3H2,1-2H3. The third-order valence-electron chi connectivity index (χ3n) is 3.36. The van der Waals surface area contributed by atoms with E-state index in [4.69, 9.17) is 9.47 Å². The van der Waals surface area contributed by atoms with Gasteiger partial charge in [-0.3, -0.25) is 10.1 Å². The van der Waals surface area contributed by atoms with Gasteiger partial charge in [0.25, 0.3) is 5.69 Å². The van der Waals surface area contributed by atoms with Gasteiger partial charge >= 0.3 is 17.9 Å². The van der Waals surface area contributed by atoms with Gasteiger partial charge in [0.1, 0.15) is 5.75 Å². The molecule has 0 fully saturated rings. The van der Waals surface area contributed by atoms with E-state index in [9.17, 15) is 24.5 Å². The third-order valence-corrected chi connectivity index (χ3v) is 3.36. The van der Waals surface area contributed by atoms with E-state index >= 15 is 0 Å². The van der Waals surface area contributed by atoms with Crippen molar-refractivity contribution in [3.8, 4) is 5.75 Å². The summed E-state index contributed by atoms with van der Waals surface area (Å²) in [5, 5.41) is 11.0. The average Bonchev–Trinajstić information content (AvgIpc) is 2.67. The van der Waals surface area contributed by atoms with Crippen LogP contribution in [0, 0.1) is 10.1 Å². The molecule has 0 unspecified atom stereocenters. The fraction of sp³-hybridized carbons (Fsp3) is 0.167. The molecule has 0 aliphatic carbocycles. The molecular weight excluding hydrogens is 358 g/mol. The maximum absolute atomic E-state index is 12.3. The zero-order chi connectivity index (χ0) is 20.0. The van der Waals surface area contributed by atoms with E-state index in [0.717, 1.165) is 25.3 Å². The highest BCUT2D eigenvalue weighted by Gasteiger charge is 2.20. The summed E-state index contributed by atoms with van der Waals surface area (Å²) in [6.07, 6.45) is 0. The van der Waals surface area contributed by atoms with Crippen molar-refractivity contribution in [2.45, 2.75) is 6.92 Å². The fourth-order valence-electron chi connectivity index (χ4n) is 2.11. The number of carbonyl (C=O) groups is 3. The molecule has 0 aromatic heterocycles. The van der Waals surface area contributed by atoms with Crippen LogP contribution in [0.15, 0.2) is 42.5 Å². The summed E-state index contributed by atoms with van der Waals surface area (Å²) in [4.78, 5) is 45.8. The number of non-ortho nitro benzene ring substituents is 1. The molecule has 2 rings (SSSR count). The van der Waals surface area contributed by atoms with Crippen LogP contribution in [0.5, 0.6) is 5.75 Å². The van der Waals surface area contributed by atoms with Crippen molar-refractivity contribution in [3.05, 3.63) is 69.3 Å². The molecule has 0 radical (unpaired) electrons. The summed E-state index contributed by atoms with van der Waals surface area (Å²) >= 11 is 0. The molecule has 0 atom stereocenters. The zero-order valence-electron chi connectivity index (χ0n) is 14.5. The van der Waals surface area contributed by atoms with Gasteiger partial charge in [-0.15, -0.1) is 0 Å². The smallest absolute Gasteiger partial charge is 0.343 e. The molecule has 0 heterocycles. The Bertz CT molecular complexity index is 889. The minimum atomic E-state index is -0.910. The molecule has 0 bridgehead atoms. The van der Waals surface area contributed by atoms with E-state index < -0.39 is 28.5 Å². The van der Waals surface area contributed by atoms with Crippen molar-refractivity contribution >= 4 is 23.6 Å². The highest BCUT2D eigenvalue weighted by molar-refractivity contribution is 5.97. The minimum Gasteiger partial charge on any atom is -0.465 e. The molecule has 2 aromatic rings. The van der Waals surface area contributed by atoms with E-state index in [1.165, 1.54) is 24.3 Å². The third kappa shape index (κ3) is 4.88. The number of ether oxygens (including phenoxy) is 3. The van der Waals surface area contributed by atoms with Crippen molar-refractivity contribution in [2.24, 2.45) is 0 Å². The van der Waals surface area contributed by atoms with Gasteiger partial charge in [0, 0.05) is 12.1 Å². The largest absolute Gasteiger partial charge is 0.465 e. The molecule has 9 nitrogen and oxygen atoms in total. The second-order valence-corrected chi connectivity index (χ2v) is 5.15. The molecule has 0 saturated heterocycles. The Hall–Kier alpha value is -3.75. The van der Waals surface area contributed by atoms with Crippen LogP contribution in [0.2, 0.25) is 0 Å². The van der Waals surface area contributed by atoms with Gasteiger partial charge < -0.3 is 14.2 Å². The van der Waals surface area contributed by atoms with Gasteiger partial charge in [-0.2, -0.15) is 0 Å². The van der Waals surface area contributed by atoms with Crippen LogP contribution >= 0.6 is 0 Å². The van der Waals surface area contributed by atoms with Gasteiger partial charge in [-0.25, -0.2) is 14.4 Å². The summed E-state index contributed by atoms with van der Waals surface area (Å²) in [6.45, 7) is 1.90. The lowest BCUT2D eigenvalue weighted by Crippen LogP contribution is -2.12. The summed E-state index contributed by atoms with van der Waals surface area (Å²) in [6, 6.07) is 8.69. The number of benzene rings is 2. The molecule has 0 spiro atoms. The molecule has 0 aliphatic rings. The van der Waals surface area contributed by atoms with Crippen LogP contribution in [-0.4, -0.2) is 36.5 Å². The molecule has 0 N–H and O–H groups in total. The van der Waals surface area contributed by atoms with Crippen molar-refractivity contribution in [2.75, 3.05) is 13.7 Å². The lowest BCUT2D eigenvalue weighted by molar-refractivity contribution is -0.384. The Morgan fingerprint density at radius 2 is 1.52 bits per heavy atom. The monoisotopic (exact) mass is 373 g/mol. The van der Waals surface area contributed by atoms with Crippen molar-refractivity contribution < 1.29 is 33.5 Å². The Labute approximate surface area is 153 Å². The van der Waals surface area contributed by atoms with Crippen molar-refractivity contribution in [1.82, 2.24) is 0 Å². The van der Waals surface area contributed by atoms with Crippen molar-refractivity contribution in [3.63, 3.8) is 0 Å². The van der Waals surface area contributed by atoms with E-state index in [2.05, 4.69) is 4.74 Å². The summed E-state index contributed by atoms with van der Waals surface area (Å²) in [5.74, 6) is -2.14. The van der Waals surface area contributed by atoms with Gasteiger partial charge in [-0.1, -0.05) is 0 Å². The molecule has 2 aromatic carbocycles. The number of methoxy groups -OCH3 is 1. The number of carbonyl (C=O) groups excluding carboxylic acids is 3. The fourth-order valence-corrected chi connectivity index (χ4v) is 2.11. The van der Waals surface area contributed by atoms with Crippen LogP contribution in [0.25, 0.3) is 0 Å². The summed E-state index contributed by atoms with van der Waals surface area (Å²) in [7, 11) is 1.12. The topological polar surface area (TPSA) is 122 Å². The quantitative estimate of drug-likeness (QED) is 0.328. The summed E-state index contributed by atoms with van der Waals surface area (Å²) < 4.78 is 14.5. The normalized spacial score (nSPS) is 10.0. The predicted molar refractivity (Wildman–Crippen MR) is 91.8 cm³/mol. The molecule has 27 heavy (non-hydrogen) atoms. The first kappa shape index (κ1) is 19.6. The molecule has 0 amide bonds. The van der Waals surface area contributed by atoms with Crippen LogP contribution in [0.1, 0.15) is 38.0 Å². The molecule has 140 valence electrons. The lowest BCUT2D eigenvalue weighted by atomic mass is 10.1. The van der Waals surface area contributed by atoms with Crippen LogP contribution in [0.3, 0.4) is 0 Å². The SMILES string of the molecule is CCOC(=O)c1ccc(OC(=O)c2cc(C(=O)OC)cc([N+](=O)[O-])c2)cc1. The maximum Gasteiger partial charge on any atom is 0.343 e. The van der Waals surface area contributed by atoms with E-state index in [1.54, 1.807) is 6.92 Å². The number of hydrogen-bond donors (Lipinski definition) is 0. The second kappa shape index (κ2) is 8.56. The Morgan fingerprint density at radius 3 is 2.04 bits per heavy atom. The Kier molecular flexibility index (Phi) is 6.21. The van der Waals surface area contributed by atoms with Crippen LogP contribution < -0.4 is 4.74 Å². The molecule has 0 aliphatic heterocycles. The highest BCUT2D eigenvalue weighted by atomic mass is 16.6.